The fourth-order valence-electron chi connectivity index (χ4n) is 2.84. The Bertz CT molecular complexity index is 764. The molecule has 2 heterocycles. The quantitative estimate of drug-likeness (QED) is 0.780. The molecule has 1 aliphatic carbocycles. The Morgan fingerprint density at radius 1 is 1.29 bits per heavy atom. The zero-order valence-corrected chi connectivity index (χ0v) is 12.3. The third kappa shape index (κ3) is 2.47. The predicted octanol–water partition coefficient (Wildman–Crippen LogP) is 2.68. The monoisotopic (exact) mass is 280 g/mol. The zero-order valence-electron chi connectivity index (χ0n) is 12.3. The molecule has 0 aliphatic heterocycles. The normalized spacial score (nSPS) is 14.9. The van der Waals surface area contributed by atoms with Crippen molar-refractivity contribution in [2.75, 3.05) is 0 Å². The molecule has 4 heteroatoms. The largest absolute Gasteiger partial charge is 0.340 e. The first-order valence-electron chi connectivity index (χ1n) is 7.57. The van der Waals surface area contributed by atoms with Crippen LogP contribution in [0.5, 0.6) is 0 Å². The lowest BCUT2D eigenvalue weighted by Crippen LogP contribution is -2.15. The van der Waals surface area contributed by atoms with Gasteiger partial charge in [0.05, 0.1) is 6.54 Å². The SMILES string of the molecule is Cn1ccnc1Cn1cc(CNC2CC2)c2ccccc21. The molecule has 4 rings (SSSR count). The van der Waals surface area contributed by atoms with E-state index in [1.165, 1.54) is 29.3 Å². The highest BCUT2D eigenvalue weighted by atomic mass is 15.1. The average molecular weight is 280 g/mol. The lowest BCUT2D eigenvalue weighted by atomic mass is 10.2. The van der Waals surface area contributed by atoms with Gasteiger partial charge in [0, 0.05) is 49.1 Å². The van der Waals surface area contributed by atoms with Crippen LogP contribution in [-0.2, 0) is 20.1 Å². The minimum absolute atomic E-state index is 0.738. The number of hydrogen-bond donors (Lipinski definition) is 1. The number of fused-ring (bicyclic) bond motifs is 1. The van der Waals surface area contributed by atoms with Gasteiger partial charge in [-0.2, -0.15) is 0 Å². The van der Waals surface area contributed by atoms with Gasteiger partial charge in [-0.15, -0.1) is 0 Å². The molecule has 0 bridgehead atoms. The van der Waals surface area contributed by atoms with E-state index < -0.39 is 0 Å². The van der Waals surface area contributed by atoms with E-state index in [1.54, 1.807) is 0 Å². The molecule has 1 saturated carbocycles. The summed E-state index contributed by atoms with van der Waals surface area (Å²) in [6.07, 6.45) is 8.78. The smallest absolute Gasteiger partial charge is 0.128 e. The molecule has 21 heavy (non-hydrogen) atoms. The van der Waals surface area contributed by atoms with Gasteiger partial charge in [0.1, 0.15) is 5.82 Å². The van der Waals surface area contributed by atoms with E-state index in [0.717, 1.165) is 25.0 Å². The molecule has 108 valence electrons. The summed E-state index contributed by atoms with van der Waals surface area (Å²) in [5, 5.41) is 4.96. The van der Waals surface area contributed by atoms with E-state index in [1.807, 2.05) is 19.4 Å². The number of rotatable bonds is 5. The predicted molar refractivity (Wildman–Crippen MR) is 84.1 cm³/mol. The molecule has 1 aromatic carbocycles. The maximum absolute atomic E-state index is 4.44. The van der Waals surface area contributed by atoms with Crippen LogP contribution >= 0.6 is 0 Å². The summed E-state index contributed by atoms with van der Waals surface area (Å²) in [5.41, 5.74) is 2.67. The number of para-hydroxylation sites is 1. The van der Waals surface area contributed by atoms with Crippen LogP contribution in [0.2, 0.25) is 0 Å². The number of nitrogens with zero attached hydrogens (tertiary/aromatic N) is 3. The molecule has 0 unspecified atom stereocenters. The molecule has 0 saturated heterocycles. The molecule has 0 atom stereocenters. The van der Waals surface area contributed by atoms with E-state index in [0.29, 0.717) is 0 Å². The van der Waals surface area contributed by atoms with Crippen molar-refractivity contribution in [3.63, 3.8) is 0 Å². The summed E-state index contributed by atoms with van der Waals surface area (Å²) in [4.78, 5) is 4.44. The number of imidazole rings is 1. The summed E-state index contributed by atoms with van der Waals surface area (Å²) < 4.78 is 4.39. The van der Waals surface area contributed by atoms with Gasteiger partial charge in [0.15, 0.2) is 0 Å². The van der Waals surface area contributed by atoms with E-state index in [9.17, 15) is 0 Å². The minimum atomic E-state index is 0.738. The van der Waals surface area contributed by atoms with Crippen molar-refractivity contribution < 1.29 is 0 Å². The zero-order chi connectivity index (χ0) is 14.2. The van der Waals surface area contributed by atoms with Crippen LogP contribution in [0, 0.1) is 0 Å². The van der Waals surface area contributed by atoms with Crippen molar-refractivity contribution in [2.24, 2.45) is 7.05 Å². The molecule has 4 nitrogen and oxygen atoms in total. The van der Waals surface area contributed by atoms with E-state index in [2.05, 4.69) is 49.9 Å². The fourth-order valence-corrected chi connectivity index (χ4v) is 2.84. The van der Waals surface area contributed by atoms with Crippen molar-refractivity contribution in [1.82, 2.24) is 19.4 Å². The lowest BCUT2D eigenvalue weighted by molar-refractivity contribution is 0.681. The van der Waals surface area contributed by atoms with Gasteiger partial charge in [-0.25, -0.2) is 4.98 Å². The Morgan fingerprint density at radius 3 is 2.90 bits per heavy atom. The van der Waals surface area contributed by atoms with Crippen molar-refractivity contribution in [1.29, 1.82) is 0 Å². The molecule has 3 aromatic rings. The van der Waals surface area contributed by atoms with E-state index in [4.69, 9.17) is 0 Å². The molecule has 0 radical (unpaired) electrons. The molecule has 1 N–H and O–H groups in total. The van der Waals surface area contributed by atoms with Crippen molar-refractivity contribution in [3.8, 4) is 0 Å². The van der Waals surface area contributed by atoms with E-state index in [-0.39, 0.29) is 0 Å². The van der Waals surface area contributed by atoms with Crippen molar-refractivity contribution in [3.05, 3.63) is 54.2 Å². The Hall–Kier alpha value is -2.07. The number of aromatic nitrogens is 3. The average Bonchev–Trinajstić information content (AvgIpc) is 3.16. The third-order valence-electron chi connectivity index (χ3n) is 4.26. The third-order valence-corrected chi connectivity index (χ3v) is 4.26. The van der Waals surface area contributed by atoms with Gasteiger partial charge in [-0.05, 0) is 24.5 Å². The second kappa shape index (κ2) is 5.04. The molecule has 0 spiro atoms. The number of hydrogen-bond acceptors (Lipinski definition) is 2. The summed E-state index contributed by atoms with van der Waals surface area (Å²) in [6, 6.07) is 9.37. The molecule has 2 aromatic heterocycles. The number of aryl methyl sites for hydroxylation is 1. The van der Waals surface area contributed by atoms with Crippen molar-refractivity contribution >= 4 is 10.9 Å². The van der Waals surface area contributed by atoms with Gasteiger partial charge in [0.2, 0.25) is 0 Å². The van der Waals surface area contributed by atoms with Crippen LogP contribution in [0.4, 0.5) is 0 Å². The van der Waals surface area contributed by atoms with E-state index >= 15 is 0 Å². The van der Waals surface area contributed by atoms with Gasteiger partial charge < -0.3 is 14.5 Å². The van der Waals surface area contributed by atoms with Gasteiger partial charge >= 0.3 is 0 Å². The molecule has 1 aliphatic rings. The maximum atomic E-state index is 4.44. The fraction of sp³-hybridized carbons (Fsp3) is 0.353. The topological polar surface area (TPSA) is 34.8 Å². The Balaban J connectivity index is 1.68. The molecule has 0 amide bonds. The molecular formula is C17H20N4. The van der Waals surface area contributed by atoms with Crippen LogP contribution in [0.25, 0.3) is 10.9 Å². The first-order chi connectivity index (χ1) is 10.3. The van der Waals surface area contributed by atoms with Crippen LogP contribution in [0.3, 0.4) is 0 Å². The Labute approximate surface area is 124 Å². The first kappa shape index (κ1) is 12.7. The highest BCUT2D eigenvalue weighted by Gasteiger charge is 2.20. The summed E-state index contributed by atoms with van der Waals surface area (Å²) in [7, 11) is 2.05. The van der Waals surface area contributed by atoms with Gasteiger partial charge in [0.25, 0.3) is 0 Å². The Morgan fingerprint density at radius 2 is 2.14 bits per heavy atom. The molecule has 1 fully saturated rings. The van der Waals surface area contributed by atoms with Gasteiger partial charge in [-0.3, -0.25) is 0 Å². The number of benzene rings is 1. The molecular weight excluding hydrogens is 260 g/mol. The standard InChI is InChI=1S/C17H20N4/c1-20-9-8-18-17(20)12-21-11-13(10-19-14-6-7-14)15-4-2-3-5-16(15)21/h2-5,8-9,11,14,19H,6-7,10,12H2,1H3. The lowest BCUT2D eigenvalue weighted by Gasteiger charge is -2.05. The minimum Gasteiger partial charge on any atom is -0.340 e. The summed E-state index contributed by atoms with van der Waals surface area (Å²) >= 11 is 0. The highest BCUT2D eigenvalue weighted by molar-refractivity contribution is 5.84. The Kier molecular flexibility index (Phi) is 3.04. The summed E-state index contributed by atoms with van der Waals surface area (Å²) in [5.74, 6) is 1.08. The highest BCUT2D eigenvalue weighted by Crippen LogP contribution is 2.24. The van der Waals surface area contributed by atoms with Crippen LogP contribution in [-0.4, -0.2) is 20.2 Å². The van der Waals surface area contributed by atoms with Gasteiger partial charge in [-0.1, -0.05) is 18.2 Å². The second-order valence-electron chi connectivity index (χ2n) is 5.91. The summed E-state index contributed by atoms with van der Waals surface area (Å²) in [6.45, 7) is 1.77. The van der Waals surface area contributed by atoms with Crippen molar-refractivity contribution in [2.45, 2.75) is 32.0 Å². The van der Waals surface area contributed by atoms with Crippen LogP contribution in [0.15, 0.2) is 42.9 Å². The second-order valence-corrected chi connectivity index (χ2v) is 5.91. The van der Waals surface area contributed by atoms with Crippen LogP contribution in [0.1, 0.15) is 24.2 Å². The number of nitrogens with one attached hydrogen (secondary N) is 1. The maximum Gasteiger partial charge on any atom is 0.128 e. The van der Waals surface area contributed by atoms with Crippen LogP contribution < -0.4 is 5.32 Å². The first-order valence-corrected chi connectivity index (χ1v) is 7.57.